The van der Waals surface area contributed by atoms with Gasteiger partial charge >= 0.3 is 0 Å². The molecule has 4 aliphatic rings. The molecule has 0 aliphatic heterocycles. The van der Waals surface area contributed by atoms with Crippen LogP contribution in [-0.2, 0) is 9.59 Å². The van der Waals surface area contributed by atoms with Crippen molar-refractivity contribution < 1.29 is 24.9 Å². The average Bonchev–Trinajstić information content (AvgIpc) is 3.05. The molecule has 0 amide bonds. The van der Waals surface area contributed by atoms with Crippen LogP contribution in [0.15, 0.2) is 22.8 Å². The lowest BCUT2D eigenvalue weighted by Crippen LogP contribution is -2.62. The third-order valence-electron chi connectivity index (χ3n) is 10.3. The van der Waals surface area contributed by atoms with E-state index in [1.807, 2.05) is 19.9 Å². The first-order chi connectivity index (χ1) is 15.6. The highest BCUT2D eigenvalue weighted by molar-refractivity contribution is 6.06. The Kier molecular flexibility index (Phi) is 6.56. The number of allylic oxidation sites excluding steroid dienone is 4. The molecule has 0 bridgehead atoms. The smallest absolute Gasteiger partial charge is 0.190 e. The molecule has 0 radical (unpaired) electrons. The quantitative estimate of drug-likeness (QED) is 0.495. The Morgan fingerprint density at radius 1 is 1.18 bits per heavy atom. The van der Waals surface area contributed by atoms with Crippen molar-refractivity contribution >= 4 is 11.6 Å². The summed E-state index contributed by atoms with van der Waals surface area (Å²) in [6.07, 6.45) is 9.72. The maximum atomic E-state index is 12.9. The molecule has 7 atom stereocenters. The van der Waals surface area contributed by atoms with Gasteiger partial charge in [-0.1, -0.05) is 51.2 Å². The van der Waals surface area contributed by atoms with Gasteiger partial charge in [0, 0.05) is 16.7 Å². The second kappa shape index (κ2) is 8.73. The molecule has 3 fully saturated rings. The number of hydrogen-bond donors (Lipinski definition) is 3. The van der Waals surface area contributed by atoms with Crippen LogP contribution in [0.4, 0.5) is 0 Å². The van der Waals surface area contributed by atoms with Gasteiger partial charge in [0.05, 0.1) is 6.10 Å². The fraction of sp³-hybridized carbons (Fsp3) is 0.786. The molecule has 3 saturated carbocycles. The van der Waals surface area contributed by atoms with E-state index in [1.165, 1.54) is 24.0 Å². The minimum Gasteiger partial charge on any atom is -0.393 e. The van der Waals surface area contributed by atoms with E-state index in [0.717, 1.165) is 44.1 Å². The minimum absolute atomic E-state index is 0.0219. The fourth-order valence-electron chi connectivity index (χ4n) is 8.56. The Balaban J connectivity index is 1.72. The molecule has 4 aliphatic carbocycles. The SMILES string of the molecule is CCCCCCC1=CC(=O)C(C)=C2CC[C@@H]3[C@H]([C@@H](O)C[C@@]4(C)[C@H]3CC[C@]4(O)C(=O)CO)[C@]12C. The van der Waals surface area contributed by atoms with Crippen molar-refractivity contribution in [3.8, 4) is 0 Å². The van der Waals surface area contributed by atoms with Gasteiger partial charge in [0.2, 0.25) is 0 Å². The first-order valence-electron chi connectivity index (χ1n) is 13.1. The zero-order chi connectivity index (χ0) is 24.2. The third-order valence-corrected chi connectivity index (χ3v) is 10.3. The van der Waals surface area contributed by atoms with Crippen molar-refractivity contribution in [1.82, 2.24) is 0 Å². The molecule has 5 heteroatoms. The first-order valence-corrected chi connectivity index (χ1v) is 13.1. The van der Waals surface area contributed by atoms with Gasteiger partial charge in [-0.25, -0.2) is 0 Å². The molecule has 0 aromatic carbocycles. The Hall–Kier alpha value is -1.30. The number of ketones is 2. The highest BCUT2D eigenvalue weighted by atomic mass is 16.3. The van der Waals surface area contributed by atoms with E-state index in [1.54, 1.807) is 0 Å². The molecular formula is C28H42O5. The highest BCUT2D eigenvalue weighted by Gasteiger charge is 2.68. The van der Waals surface area contributed by atoms with E-state index in [2.05, 4.69) is 13.8 Å². The zero-order valence-corrected chi connectivity index (χ0v) is 20.8. The normalized spacial score (nSPS) is 42.5. The standard InChI is InChI=1S/C28H42O5/c1-5-6-7-8-9-18-14-22(30)17(2)20-11-10-19-21-12-13-28(33,24(32)16-29)26(21,3)15-23(31)25(19)27(18,20)4/h14,19,21,23,25,29,31,33H,5-13,15-16H2,1-4H3/t19-,21-,23-,25+,26-,27+,28-/m0/s1. The molecule has 0 heterocycles. The number of unbranched alkanes of at least 4 members (excludes halogenated alkanes) is 3. The molecule has 0 saturated heterocycles. The van der Waals surface area contributed by atoms with E-state index < -0.39 is 29.5 Å². The van der Waals surface area contributed by atoms with Gasteiger partial charge in [-0.2, -0.15) is 0 Å². The van der Waals surface area contributed by atoms with Gasteiger partial charge in [-0.05, 0) is 75.4 Å². The summed E-state index contributed by atoms with van der Waals surface area (Å²) < 4.78 is 0. The zero-order valence-electron chi connectivity index (χ0n) is 20.8. The van der Waals surface area contributed by atoms with E-state index in [-0.39, 0.29) is 29.0 Å². The third kappa shape index (κ3) is 3.44. The second-order valence-electron chi connectivity index (χ2n) is 11.7. The van der Waals surface area contributed by atoms with Crippen molar-refractivity contribution in [3.05, 3.63) is 22.8 Å². The molecule has 184 valence electrons. The van der Waals surface area contributed by atoms with Crippen LogP contribution in [0.25, 0.3) is 0 Å². The summed E-state index contributed by atoms with van der Waals surface area (Å²) in [4.78, 5) is 25.5. The lowest BCUT2D eigenvalue weighted by Gasteiger charge is -2.61. The molecule has 0 unspecified atom stereocenters. The van der Waals surface area contributed by atoms with Crippen LogP contribution >= 0.6 is 0 Å². The van der Waals surface area contributed by atoms with Crippen molar-refractivity contribution in [3.63, 3.8) is 0 Å². The monoisotopic (exact) mass is 458 g/mol. The van der Waals surface area contributed by atoms with Gasteiger partial charge in [-0.3, -0.25) is 9.59 Å². The fourth-order valence-corrected chi connectivity index (χ4v) is 8.56. The number of carbonyl (C=O) groups excluding carboxylic acids is 2. The van der Waals surface area contributed by atoms with Crippen LogP contribution in [0.1, 0.15) is 91.9 Å². The van der Waals surface area contributed by atoms with Crippen molar-refractivity contribution in [2.24, 2.45) is 28.6 Å². The molecule has 3 N–H and O–H groups in total. The number of carbonyl (C=O) groups is 2. The Bertz CT molecular complexity index is 887. The number of Topliss-reactive ketones (excluding diaryl/α,β-unsaturated/α-hetero) is 1. The van der Waals surface area contributed by atoms with E-state index in [0.29, 0.717) is 12.8 Å². The van der Waals surface area contributed by atoms with Gasteiger partial charge in [0.1, 0.15) is 12.2 Å². The van der Waals surface area contributed by atoms with Crippen molar-refractivity contribution in [2.75, 3.05) is 6.61 Å². The van der Waals surface area contributed by atoms with E-state index in [9.17, 15) is 24.9 Å². The van der Waals surface area contributed by atoms with Crippen LogP contribution < -0.4 is 0 Å². The summed E-state index contributed by atoms with van der Waals surface area (Å²) in [7, 11) is 0. The number of aliphatic hydroxyl groups excluding tert-OH is 2. The second-order valence-corrected chi connectivity index (χ2v) is 11.7. The summed E-state index contributed by atoms with van der Waals surface area (Å²) in [6, 6.07) is 0. The molecular weight excluding hydrogens is 416 g/mol. The van der Waals surface area contributed by atoms with E-state index in [4.69, 9.17) is 0 Å². The highest BCUT2D eigenvalue weighted by Crippen LogP contribution is 2.68. The lowest BCUT2D eigenvalue weighted by atomic mass is 9.44. The Morgan fingerprint density at radius 3 is 2.58 bits per heavy atom. The van der Waals surface area contributed by atoms with Crippen LogP contribution in [-0.4, -0.2) is 45.2 Å². The summed E-state index contributed by atoms with van der Waals surface area (Å²) in [5, 5.41) is 32.6. The predicted octanol–water partition coefficient (Wildman–Crippen LogP) is 4.29. The van der Waals surface area contributed by atoms with Gasteiger partial charge in [0.25, 0.3) is 0 Å². The summed E-state index contributed by atoms with van der Waals surface area (Å²) in [6.45, 7) is 7.66. The van der Waals surface area contributed by atoms with E-state index >= 15 is 0 Å². The van der Waals surface area contributed by atoms with Gasteiger partial charge in [-0.15, -0.1) is 0 Å². The number of fused-ring (bicyclic) bond motifs is 5. The topological polar surface area (TPSA) is 94.8 Å². The Labute approximate surface area is 198 Å². The number of rotatable bonds is 7. The minimum atomic E-state index is -1.58. The molecule has 4 rings (SSSR count). The maximum Gasteiger partial charge on any atom is 0.190 e. The summed E-state index contributed by atoms with van der Waals surface area (Å²) in [5.74, 6) is -0.134. The molecule has 33 heavy (non-hydrogen) atoms. The summed E-state index contributed by atoms with van der Waals surface area (Å²) in [5.41, 5.74) is 0.537. The molecule has 0 spiro atoms. The first kappa shape index (κ1) is 24.8. The summed E-state index contributed by atoms with van der Waals surface area (Å²) >= 11 is 0. The molecule has 0 aromatic rings. The van der Waals surface area contributed by atoms with Crippen molar-refractivity contribution in [2.45, 2.75) is 104 Å². The van der Waals surface area contributed by atoms with Gasteiger partial charge < -0.3 is 15.3 Å². The largest absolute Gasteiger partial charge is 0.393 e. The van der Waals surface area contributed by atoms with Crippen molar-refractivity contribution in [1.29, 1.82) is 0 Å². The van der Waals surface area contributed by atoms with Gasteiger partial charge in [0.15, 0.2) is 11.6 Å². The number of hydrogen-bond acceptors (Lipinski definition) is 5. The van der Waals surface area contributed by atoms with Crippen LogP contribution in [0, 0.1) is 28.6 Å². The molecule has 5 nitrogen and oxygen atoms in total. The molecule has 0 aromatic heterocycles. The lowest BCUT2D eigenvalue weighted by molar-refractivity contribution is -0.179. The van der Waals surface area contributed by atoms with Crippen LogP contribution in [0.3, 0.4) is 0 Å². The Morgan fingerprint density at radius 2 is 1.91 bits per heavy atom. The maximum absolute atomic E-state index is 12.9. The van der Waals surface area contributed by atoms with Crippen LogP contribution in [0.5, 0.6) is 0 Å². The average molecular weight is 459 g/mol. The number of aliphatic hydroxyl groups is 3. The predicted molar refractivity (Wildman–Crippen MR) is 127 cm³/mol. The van der Waals surface area contributed by atoms with Crippen LogP contribution in [0.2, 0.25) is 0 Å².